The highest BCUT2D eigenvalue weighted by Crippen LogP contribution is 2.61. The molecule has 0 N–H and O–H groups in total. The van der Waals surface area contributed by atoms with Gasteiger partial charge >= 0.3 is 12.8 Å². The third-order valence-electron chi connectivity index (χ3n) is 1.35. The first kappa shape index (κ1) is 14.0. The molecule has 0 rings (SSSR count). The molecule has 0 aliphatic rings. The molecule has 0 radical (unpaired) electrons. The molecule has 0 amide bonds. The van der Waals surface area contributed by atoms with E-state index >= 15 is 0 Å². The Morgan fingerprint density at radius 2 is 1.93 bits per heavy atom. The SMILES string of the molecule is CCOC(=O)C(C)SP(=O)(OC)OC. The number of carbonyl (C=O) groups excluding carboxylic acids is 1. The van der Waals surface area contributed by atoms with Crippen molar-refractivity contribution in [1.29, 1.82) is 0 Å². The van der Waals surface area contributed by atoms with Crippen molar-refractivity contribution in [1.82, 2.24) is 0 Å². The van der Waals surface area contributed by atoms with Crippen molar-refractivity contribution in [2.45, 2.75) is 19.1 Å². The van der Waals surface area contributed by atoms with Gasteiger partial charge in [0.05, 0.1) is 6.61 Å². The number of hydrogen-bond acceptors (Lipinski definition) is 6. The summed E-state index contributed by atoms with van der Waals surface area (Å²) in [6.07, 6.45) is 0. The van der Waals surface area contributed by atoms with Gasteiger partial charge in [0, 0.05) is 14.2 Å². The van der Waals surface area contributed by atoms with E-state index in [1.165, 1.54) is 14.2 Å². The van der Waals surface area contributed by atoms with E-state index in [0.29, 0.717) is 6.61 Å². The number of hydrogen-bond donors (Lipinski definition) is 0. The molecule has 0 aliphatic carbocycles. The lowest BCUT2D eigenvalue weighted by atomic mass is 10.5. The van der Waals surface area contributed by atoms with Crippen LogP contribution in [-0.4, -0.2) is 32.0 Å². The van der Waals surface area contributed by atoms with Crippen molar-refractivity contribution in [3.05, 3.63) is 0 Å². The van der Waals surface area contributed by atoms with Crippen LogP contribution in [0.25, 0.3) is 0 Å². The number of ether oxygens (including phenoxy) is 1. The monoisotopic (exact) mass is 242 g/mol. The average molecular weight is 242 g/mol. The van der Waals surface area contributed by atoms with E-state index in [9.17, 15) is 9.36 Å². The maximum absolute atomic E-state index is 11.6. The zero-order chi connectivity index (χ0) is 11.2. The Morgan fingerprint density at radius 3 is 2.29 bits per heavy atom. The summed E-state index contributed by atoms with van der Waals surface area (Å²) in [7, 11) is 2.55. The van der Waals surface area contributed by atoms with Gasteiger partial charge in [-0.1, -0.05) is 0 Å². The third-order valence-corrected chi connectivity index (χ3v) is 5.63. The van der Waals surface area contributed by atoms with Crippen LogP contribution in [0.4, 0.5) is 0 Å². The van der Waals surface area contributed by atoms with Gasteiger partial charge in [0.25, 0.3) is 0 Å². The van der Waals surface area contributed by atoms with E-state index in [1.54, 1.807) is 13.8 Å². The lowest BCUT2D eigenvalue weighted by molar-refractivity contribution is -0.142. The second kappa shape index (κ2) is 6.45. The highest BCUT2D eigenvalue weighted by Gasteiger charge is 2.29. The highest BCUT2D eigenvalue weighted by atomic mass is 32.7. The van der Waals surface area contributed by atoms with Gasteiger partial charge in [0.15, 0.2) is 0 Å². The van der Waals surface area contributed by atoms with Crippen LogP contribution < -0.4 is 0 Å². The molecule has 0 aliphatic heterocycles. The van der Waals surface area contributed by atoms with Crippen molar-refractivity contribution < 1.29 is 23.1 Å². The topological polar surface area (TPSA) is 61.8 Å². The standard InChI is InChI=1S/C7H15O5PS/c1-5-12-7(8)6(2)14-13(9,10-3)11-4/h6H,5H2,1-4H3. The molecule has 0 saturated heterocycles. The first-order chi connectivity index (χ1) is 6.49. The van der Waals surface area contributed by atoms with Crippen molar-refractivity contribution >= 4 is 24.1 Å². The molecule has 0 fully saturated rings. The van der Waals surface area contributed by atoms with Gasteiger partial charge in [-0.05, 0) is 25.2 Å². The lowest BCUT2D eigenvalue weighted by Crippen LogP contribution is -2.16. The van der Waals surface area contributed by atoms with Crippen LogP contribution in [0, 0.1) is 0 Å². The van der Waals surface area contributed by atoms with Crippen LogP contribution in [0.1, 0.15) is 13.8 Å². The second-order valence-corrected chi connectivity index (χ2v) is 6.83. The molecule has 0 aromatic carbocycles. The molecule has 14 heavy (non-hydrogen) atoms. The van der Waals surface area contributed by atoms with E-state index < -0.39 is 18.0 Å². The second-order valence-electron chi connectivity index (χ2n) is 2.31. The van der Waals surface area contributed by atoms with Crippen LogP contribution in [0.15, 0.2) is 0 Å². The molecule has 1 atom stereocenters. The number of rotatable bonds is 6. The molecule has 1 unspecified atom stereocenters. The lowest BCUT2D eigenvalue weighted by Gasteiger charge is -2.16. The van der Waals surface area contributed by atoms with E-state index in [0.717, 1.165) is 11.4 Å². The van der Waals surface area contributed by atoms with Gasteiger partial charge in [-0.15, -0.1) is 0 Å². The maximum atomic E-state index is 11.6. The van der Waals surface area contributed by atoms with E-state index in [1.807, 2.05) is 0 Å². The highest BCUT2D eigenvalue weighted by molar-refractivity contribution is 8.55. The van der Waals surface area contributed by atoms with Crippen LogP contribution in [0.3, 0.4) is 0 Å². The summed E-state index contributed by atoms with van der Waals surface area (Å²) < 4.78 is 25.7. The van der Waals surface area contributed by atoms with E-state index in [-0.39, 0.29) is 0 Å². The van der Waals surface area contributed by atoms with Crippen LogP contribution >= 0.6 is 18.2 Å². The molecule has 0 heterocycles. The van der Waals surface area contributed by atoms with Crippen molar-refractivity contribution in [3.8, 4) is 0 Å². The Kier molecular flexibility index (Phi) is 6.44. The summed E-state index contributed by atoms with van der Waals surface area (Å²) in [4.78, 5) is 11.2. The third kappa shape index (κ3) is 4.46. The first-order valence-electron chi connectivity index (χ1n) is 4.05. The molecule has 0 saturated carbocycles. The minimum Gasteiger partial charge on any atom is -0.465 e. The zero-order valence-electron chi connectivity index (χ0n) is 8.68. The fourth-order valence-corrected chi connectivity index (χ4v) is 3.46. The largest absolute Gasteiger partial charge is 0.465 e. The Labute approximate surface area is 87.8 Å². The van der Waals surface area contributed by atoms with Crippen LogP contribution in [-0.2, 0) is 23.1 Å². The van der Waals surface area contributed by atoms with E-state index in [4.69, 9.17) is 4.74 Å². The fourth-order valence-electron chi connectivity index (χ4n) is 0.657. The number of carbonyl (C=O) groups is 1. The van der Waals surface area contributed by atoms with Crippen LogP contribution in [0.2, 0.25) is 0 Å². The molecule has 7 heteroatoms. The smallest absolute Gasteiger partial charge is 0.389 e. The Morgan fingerprint density at radius 1 is 1.43 bits per heavy atom. The van der Waals surface area contributed by atoms with Crippen molar-refractivity contribution in [2.24, 2.45) is 0 Å². The quantitative estimate of drug-likeness (QED) is 0.525. The summed E-state index contributed by atoms with van der Waals surface area (Å²) in [5.74, 6) is -0.424. The van der Waals surface area contributed by atoms with Gasteiger partial charge in [-0.25, -0.2) is 4.57 Å². The minimum atomic E-state index is -3.20. The maximum Gasteiger partial charge on any atom is 0.389 e. The molecule has 0 aromatic rings. The fraction of sp³-hybridized carbons (Fsp3) is 0.857. The van der Waals surface area contributed by atoms with Crippen LogP contribution in [0.5, 0.6) is 0 Å². The minimum absolute atomic E-state index is 0.300. The van der Waals surface area contributed by atoms with Gasteiger partial charge in [0.1, 0.15) is 5.25 Å². The van der Waals surface area contributed by atoms with Gasteiger partial charge in [-0.2, -0.15) is 0 Å². The summed E-state index contributed by atoms with van der Waals surface area (Å²) >= 11 is 0.832. The van der Waals surface area contributed by atoms with Gasteiger partial charge in [-0.3, -0.25) is 4.79 Å². The normalized spacial score (nSPS) is 13.7. The molecule has 5 nitrogen and oxygen atoms in total. The van der Waals surface area contributed by atoms with E-state index in [2.05, 4.69) is 9.05 Å². The molecule has 0 bridgehead atoms. The predicted molar refractivity (Wildman–Crippen MR) is 55.3 cm³/mol. The Balaban J connectivity index is 4.22. The Hall–Kier alpha value is -0.0300. The molecule has 0 spiro atoms. The molecule has 0 aromatic heterocycles. The van der Waals surface area contributed by atoms with Gasteiger partial charge < -0.3 is 13.8 Å². The molecular weight excluding hydrogens is 227 g/mol. The predicted octanol–water partition coefficient (Wildman–Crippen LogP) is 2.07. The zero-order valence-corrected chi connectivity index (χ0v) is 10.4. The average Bonchev–Trinajstić information content (AvgIpc) is 2.18. The summed E-state index contributed by atoms with van der Waals surface area (Å²) in [6, 6.07) is 0. The van der Waals surface area contributed by atoms with Crippen molar-refractivity contribution in [3.63, 3.8) is 0 Å². The summed E-state index contributed by atoms with van der Waals surface area (Å²) in [5.41, 5.74) is 0. The van der Waals surface area contributed by atoms with Gasteiger partial charge in [0.2, 0.25) is 0 Å². The number of esters is 1. The summed E-state index contributed by atoms with van der Waals surface area (Å²) in [6.45, 7) is 0.401. The molecule has 84 valence electrons. The Bertz CT molecular complexity index is 224. The summed E-state index contributed by atoms with van der Waals surface area (Å²) in [5, 5.41) is -0.569. The molecular formula is C7H15O5PS. The first-order valence-corrected chi connectivity index (χ1v) is 7.08. The van der Waals surface area contributed by atoms with Crippen molar-refractivity contribution in [2.75, 3.05) is 20.8 Å².